The van der Waals surface area contributed by atoms with E-state index in [9.17, 15) is 14.0 Å². The van der Waals surface area contributed by atoms with Crippen molar-refractivity contribution >= 4 is 11.8 Å². The summed E-state index contributed by atoms with van der Waals surface area (Å²) in [5, 5.41) is 0. The van der Waals surface area contributed by atoms with Gasteiger partial charge in [-0.1, -0.05) is 26.0 Å². The summed E-state index contributed by atoms with van der Waals surface area (Å²) in [7, 11) is 0. The summed E-state index contributed by atoms with van der Waals surface area (Å²) in [6, 6.07) is 9.49. The minimum atomic E-state index is -0.366. The number of hydrogen-bond acceptors (Lipinski definition) is 4. The SMILES string of the molecule is CC(C)CN1C[C@@H](OCc2cccc(F)c2)CN(C(=O)c2ccncc2)CC1=O. The van der Waals surface area contributed by atoms with Gasteiger partial charge in [-0.05, 0) is 35.7 Å². The smallest absolute Gasteiger partial charge is 0.254 e. The molecule has 0 saturated carbocycles. The average Bonchev–Trinajstić information content (AvgIpc) is 2.85. The number of nitrogens with zero attached hydrogens (tertiary/aromatic N) is 3. The van der Waals surface area contributed by atoms with Crippen LogP contribution in [0.4, 0.5) is 4.39 Å². The zero-order valence-electron chi connectivity index (χ0n) is 16.8. The first kappa shape index (κ1) is 20.9. The maximum Gasteiger partial charge on any atom is 0.254 e. The monoisotopic (exact) mass is 399 g/mol. The zero-order chi connectivity index (χ0) is 20.8. The van der Waals surface area contributed by atoms with E-state index >= 15 is 0 Å². The predicted molar refractivity (Wildman–Crippen MR) is 107 cm³/mol. The third-order valence-corrected chi connectivity index (χ3v) is 4.70. The van der Waals surface area contributed by atoms with Gasteiger partial charge in [-0.15, -0.1) is 0 Å². The molecule has 0 N–H and O–H groups in total. The first-order valence-electron chi connectivity index (χ1n) is 9.75. The van der Waals surface area contributed by atoms with Gasteiger partial charge in [-0.2, -0.15) is 0 Å². The van der Waals surface area contributed by atoms with Crippen LogP contribution in [0.15, 0.2) is 48.8 Å². The van der Waals surface area contributed by atoms with Crippen molar-refractivity contribution < 1.29 is 18.7 Å². The van der Waals surface area contributed by atoms with Crippen LogP contribution in [-0.4, -0.2) is 58.9 Å². The molecule has 0 bridgehead atoms. The van der Waals surface area contributed by atoms with E-state index in [0.717, 1.165) is 0 Å². The highest BCUT2D eigenvalue weighted by molar-refractivity contribution is 5.96. The molecule has 0 spiro atoms. The maximum atomic E-state index is 13.4. The van der Waals surface area contributed by atoms with Gasteiger partial charge >= 0.3 is 0 Å². The van der Waals surface area contributed by atoms with Crippen molar-refractivity contribution in [2.75, 3.05) is 26.2 Å². The van der Waals surface area contributed by atoms with Crippen LogP contribution in [0.3, 0.4) is 0 Å². The lowest BCUT2D eigenvalue weighted by atomic mass is 10.2. The second-order valence-electron chi connectivity index (χ2n) is 7.68. The predicted octanol–water partition coefficient (Wildman–Crippen LogP) is 2.75. The fourth-order valence-corrected chi connectivity index (χ4v) is 3.37. The molecule has 29 heavy (non-hydrogen) atoms. The van der Waals surface area contributed by atoms with Crippen LogP contribution in [0.5, 0.6) is 0 Å². The summed E-state index contributed by atoms with van der Waals surface area (Å²) in [6.45, 7) is 5.58. The van der Waals surface area contributed by atoms with E-state index in [0.29, 0.717) is 30.1 Å². The Morgan fingerprint density at radius 3 is 2.69 bits per heavy atom. The van der Waals surface area contributed by atoms with Crippen molar-refractivity contribution in [3.05, 3.63) is 65.7 Å². The van der Waals surface area contributed by atoms with E-state index in [2.05, 4.69) is 4.98 Å². The van der Waals surface area contributed by atoms with Gasteiger partial charge in [0.25, 0.3) is 5.91 Å². The highest BCUT2D eigenvalue weighted by atomic mass is 19.1. The minimum absolute atomic E-state index is 0.00764. The molecule has 1 saturated heterocycles. The van der Waals surface area contributed by atoms with Gasteiger partial charge in [0.05, 0.1) is 12.7 Å². The molecule has 2 aromatic rings. The van der Waals surface area contributed by atoms with Gasteiger partial charge in [-0.25, -0.2) is 4.39 Å². The Morgan fingerprint density at radius 2 is 2.00 bits per heavy atom. The van der Waals surface area contributed by atoms with Gasteiger partial charge in [-0.3, -0.25) is 14.6 Å². The van der Waals surface area contributed by atoms with Crippen molar-refractivity contribution in [2.24, 2.45) is 5.92 Å². The number of ether oxygens (including phenoxy) is 1. The third-order valence-electron chi connectivity index (χ3n) is 4.70. The number of halogens is 1. The fourth-order valence-electron chi connectivity index (χ4n) is 3.37. The van der Waals surface area contributed by atoms with Gasteiger partial charge in [0.1, 0.15) is 12.4 Å². The fraction of sp³-hybridized carbons (Fsp3) is 0.409. The molecule has 1 aromatic carbocycles. The molecule has 1 fully saturated rings. The summed E-state index contributed by atoms with van der Waals surface area (Å²) in [5.41, 5.74) is 1.19. The molecule has 0 radical (unpaired) electrons. The maximum absolute atomic E-state index is 13.4. The van der Waals surface area contributed by atoms with Crippen LogP contribution < -0.4 is 0 Å². The Morgan fingerprint density at radius 1 is 1.24 bits per heavy atom. The third kappa shape index (κ3) is 5.84. The molecule has 7 heteroatoms. The van der Waals surface area contributed by atoms with Gasteiger partial charge in [0, 0.05) is 37.6 Å². The number of rotatable bonds is 6. The summed E-state index contributed by atoms with van der Waals surface area (Å²) in [6.07, 6.45) is 2.74. The molecule has 3 rings (SSSR count). The second-order valence-corrected chi connectivity index (χ2v) is 7.68. The van der Waals surface area contributed by atoms with Crippen LogP contribution >= 0.6 is 0 Å². The highest BCUT2D eigenvalue weighted by Gasteiger charge is 2.31. The van der Waals surface area contributed by atoms with E-state index < -0.39 is 0 Å². The molecule has 154 valence electrons. The lowest BCUT2D eigenvalue weighted by Crippen LogP contribution is -2.40. The van der Waals surface area contributed by atoms with Crippen LogP contribution in [0.25, 0.3) is 0 Å². The number of benzene rings is 1. The summed E-state index contributed by atoms with van der Waals surface area (Å²) >= 11 is 0. The van der Waals surface area contributed by atoms with Gasteiger partial charge in [0.2, 0.25) is 5.91 Å². The van der Waals surface area contributed by atoms with E-state index in [1.54, 1.807) is 41.6 Å². The van der Waals surface area contributed by atoms with E-state index in [-0.39, 0.29) is 43.4 Å². The Bertz CT molecular complexity index is 844. The van der Waals surface area contributed by atoms with Crippen LogP contribution in [0, 0.1) is 11.7 Å². The first-order chi connectivity index (χ1) is 13.9. The van der Waals surface area contributed by atoms with E-state index in [4.69, 9.17) is 4.74 Å². The van der Waals surface area contributed by atoms with Crippen molar-refractivity contribution in [1.29, 1.82) is 0 Å². The standard InChI is InChI=1S/C22H26FN3O3/c1-16(2)11-25-12-20(29-15-17-4-3-5-19(23)10-17)13-26(14-21(25)27)22(28)18-6-8-24-9-7-18/h3-10,16,20H,11-15H2,1-2H3/t20-/m1/s1. The topological polar surface area (TPSA) is 62.7 Å². The van der Waals surface area contributed by atoms with Crippen LogP contribution in [0.1, 0.15) is 29.8 Å². The van der Waals surface area contributed by atoms with Gasteiger partial charge < -0.3 is 14.5 Å². The molecular weight excluding hydrogens is 373 g/mol. The average molecular weight is 399 g/mol. The molecule has 1 atom stereocenters. The summed E-state index contributed by atoms with van der Waals surface area (Å²) in [4.78, 5) is 32.9. The lowest BCUT2D eigenvalue weighted by Gasteiger charge is -2.26. The quantitative estimate of drug-likeness (QED) is 0.749. The first-order valence-corrected chi connectivity index (χ1v) is 9.75. The van der Waals surface area contributed by atoms with Crippen LogP contribution in [0.2, 0.25) is 0 Å². The molecule has 2 amide bonds. The molecule has 1 aliphatic rings. The van der Waals surface area contributed by atoms with Gasteiger partial charge in [0.15, 0.2) is 0 Å². The van der Waals surface area contributed by atoms with Crippen molar-refractivity contribution in [2.45, 2.75) is 26.6 Å². The van der Waals surface area contributed by atoms with Crippen LogP contribution in [-0.2, 0) is 16.1 Å². The minimum Gasteiger partial charge on any atom is -0.370 e. The van der Waals surface area contributed by atoms with Crippen molar-refractivity contribution in [1.82, 2.24) is 14.8 Å². The molecule has 6 nitrogen and oxygen atoms in total. The molecular formula is C22H26FN3O3. The molecule has 0 unspecified atom stereocenters. The Kier molecular flexibility index (Phi) is 6.93. The number of pyridine rings is 1. The van der Waals surface area contributed by atoms with Crippen molar-refractivity contribution in [3.63, 3.8) is 0 Å². The second kappa shape index (κ2) is 9.60. The lowest BCUT2D eigenvalue weighted by molar-refractivity contribution is -0.132. The number of carbonyl (C=O) groups excluding carboxylic acids is 2. The van der Waals surface area contributed by atoms with Crippen molar-refractivity contribution in [3.8, 4) is 0 Å². The summed E-state index contributed by atoms with van der Waals surface area (Å²) in [5.74, 6) is -0.354. The Hall–Kier alpha value is -2.80. The molecule has 1 aliphatic heterocycles. The number of hydrogen-bond donors (Lipinski definition) is 0. The number of aromatic nitrogens is 1. The summed E-state index contributed by atoms with van der Waals surface area (Å²) < 4.78 is 19.5. The number of carbonyl (C=O) groups is 2. The Labute approximate surface area is 170 Å². The number of amides is 2. The Balaban J connectivity index is 1.76. The van der Waals surface area contributed by atoms with E-state index in [1.165, 1.54) is 17.0 Å². The largest absolute Gasteiger partial charge is 0.370 e. The molecule has 2 heterocycles. The zero-order valence-corrected chi connectivity index (χ0v) is 16.8. The molecule has 0 aliphatic carbocycles. The molecule has 1 aromatic heterocycles. The highest BCUT2D eigenvalue weighted by Crippen LogP contribution is 2.15. The normalized spacial score (nSPS) is 17.5. The van der Waals surface area contributed by atoms with E-state index in [1.807, 2.05) is 13.8 Å².